The molecule has 202 valence electrons. The summed E-state index contributed by atoms with van der Waals surface area (Å²) < 4.78 is 29.1. The molecule has 0 atom stereocenters. The van der Waals surface area contributed by atoms with Crippen molar-refractivity contribution in [2.75, 3.05) is 44.9 Å². The van der Waals surface area contributed by atoms with E-state index in [4.69, 9.17) is 10.7 Å². The summed E-state index contributed by atoms with van der Waals surface area (Å²) in [5.41, 5.74) is 8.72. The van der Waals surface area contributed by atoms with E-state index in [-0.39, 0.29) is 16.9 Å². The van der Waals surface area contributed by atoms with Gasteiger partial charge >= 0.3 is 0 Å². The van der Waals surface area contributed by atoms with Crippen LogP contribution < -0.4 is 16.4 Å². The van der Waals surface area contributed by atoms with E-state index in [9.17, 15) is 8.42 Å². The fraction of sp³-hybridized carbons (Fsp3) is 0.538. The molecule has 0 bridgehead atoms. The first-order valence-electron chi connectivity index (χ1n) is 12.9. The highest BCUT2D eigenvalue weighted by molar-refractivity contribution is 7.89. The van der Waals surface area contributed by atoms with Crippen molar-refractivity contribution in [3.63, 3.8) is 0 Å². The van der Waals surface area contributed by atoms with Gasteiger partial charge in [-0.1, -0.05) is 13.8 Å². The van der Waals surface area contributed by atoms with Crippen LogP contribution in [0.25, 0.3) is 5.65 Å². The van der Waals surface area contributed by atoms with Gasteiger partial charge in [-0.15, -0.1) is 0 Å². The van der Waals surface area contributed by atoms with Gasteiger partial charge in [-0.25, -0.2) is 13.4 Å². The lowest BCUT2D eigenvalue weighted by atomic mass is 9.92. The fourth-order valence-corrected chi connectivity index (χ4v) is 5.68. The van der Waals surface area contributed by atoms with Gasteiger partial charge in [0.15, 0.2) is 5.65 Å². The Balaban J connectivity index is 1.58. The number of aromatic nitrogens is 3. The minimum atomic E-state index is -3.56. The summed E-state index contributed by atoms with van der Waals surface area (Å²) in [6.45, 7) is 5.33. The van der Waals surface area contributed by atoms with Gasteiger partial charge in [0.05, 0.1) is 11.1 Å². The first-order valence-corrected chi connectivity index (χ1v) is 14.4. The maximum absolute atomic E-state index is 13.0. The van der Waals surface area contributed by atoms with Crippen LogP contribution in [0.15, 0.2) is 41.4 Å². The Kier molecular flexibility index (Phi) is 8.37. The highest BCUT2D eigenvalue weighted by atomic mass is 32.2. The Morgan fingerprint density at radius 1 is 1.08 bits per heavy atom. The number of hydrogen-bond acceptors (Lipinski definition) is 8. The molecule has 4 N–H and O–H groups in total. The van der Waals surface area contributed by atoms with Crippen LogP contribution in [0.4, 0.5) is 17.3 Å². The number of nitrogens with two attached hydrogens (primary N) is 1. The second-order valence-corrected chi connectivity index (χ2v) is 12.6. The van der Waals surface area contributed by atoms with Gasteiger partial charge in [0.2, 0.25) is 10.0 Å². The average molecular weight is 529 g/mol. The van der Waals surface area contributed by atoms with Crippen LogP contribution in [0.1, 0.15) is 51.0 Å². The molecule has 2 aromatic heterocycles. The number of fused-ring (bicyclic) bond motifs is 1. The van der Waals surface area contributed by atoms with E-state index in [0.29, 0.717) is 19.1 Å². The normalized spacial score (nSPS) is 18.7. The summed E-state index contributed by atoms with van der Waals surface area (Å²) in [6.07, 6.45) is 5.92. The van der Waals surface area contributed by atoms with E-state index in [1.165, 1.54) is 4.31 Å². The number of anilines is 3. The molecule has 4 rings (SSSR count). The van der Waals surface area contributed by atoms with Crippen molar-refractivity contribution in [3.05, 3.63) is 42.1 Å². The van der Waals surface area contributed by atoms with Gasteiger partial charge in [-0.05, 0) is 70.0 Å². The molecule has 1 aliphatic rings. The van der Waals surface area contributed by atoms with E-state index >= 15 is 0 Å². The monoisotopic (exact) mass is 528 g/mol. The van der Waals surface area contributed by atoms with Crippen molar-refractivity contribution in [1.29, 1.82) is 0 Å². The lowest BCUT2D eigenvalue weighted by Crippen LogP contribution is -2.33. The first-order chi connectivity index (χ1) is 17.5. The Bertz CT molecular complexity index is 1300. The third-order valence-corrected chi connectivity index (χ3v) is 8.81. The fourth-order valence-electron chi connectivity index (χ4n) is 4.52. The Morgan fingerprint density at radius 3 is 2.38 bits per heavy atom. The number of nitrogens with zero attached hydrogens (tertiary/aromatic N) is 5. The topological polar surface area (TPSA) is 121 Å². The molecule has 11 heteroatoms. The van der Waals surface area contributed by atoms with E-state index in [1.54, 1.807) is 35.8 Å². The number of rotatable bonds is 10. The zero-order valence-corrected chi connectivity index (χ0v) is 23.3. The number of hydrogen-bond donors (Lipinski definition) is 3. The third kappa shape index (κ3) is 6.40. The van der Waals surface area contributed by atoms with E-state index in [2.05, 4.69) is 29.6 Å². The van der Waals surface area contributed by atoms with Crippen LogP contribution in [0.2, 0.25) is 0 Å². The standard InChI is InChI=1S/C26H40N8O2S/c1-18(2)23-17-28-34-25(16-24(31-26(23)34)29-20-8-6-19(27)7-9-20)30-21-10-12-22(13-11-21)37(35,36)33(5)15-14-32(3)4/h10-13,16-20,30H,6-9,14-15,27H2,1-5H3,(H,29,31). The molecule has 37 heavy (non-hydrogen) atoms. The largest absolute Gasteiger partial charge is 0.367 e. The molecule has 10 nitrogen and oxygen atoms in total. The Labute approximate surface area is 220 Å². The second-order valence-electron chi connectivity index (χ2n) is 10.6. The van der Waals surface area contributed by atoms with E-state index < -0.39 is 10.0 Å². The molecule has 0 spiro atoms. The van der Waals surface area contributed by atoms with Gasteiger partial charge in [0.25, 0.3) is 0 Å². The lowest BCUT2D eigenvalue weighted by Gasteiger charge is -2.27. The lowest BCUT2D eigenvalue weighted by molar-refractivity contribution is 0.358. The van der Waals surface area contributed by atoms with Crippen molar-refractivity contribution in [2.24, 2.45) is 5.73 Å². The maximum atomic E-state index is 13.0. The molecule has 1 aliphatic carbocycles. The van der Waals surface area contributed by atoms with Crippen LogP contribution >= 0.6 is 0 Å². The first kappa shape index (κ1) is 27.3. The molecule has 1 fully saturated rings. The summed E-state index contributed by atoms with van der Waals surface area (Å²) in [4.78, 5) is 7.12. The van der Waals surface area contributed by atoms with Gasteiger partial charge in [-0.2, -0.15) is 13.9 Å². The van der Waals surface area contributed by atoms with E-state index in [0.717, 1.165) is 54.2 Å². The van der Waals surface area contributed by atoms with Crippen molar-refractivity contribution >= 4 is 33.0 Å². The molecule has 0 aliphatic heterocycles. The van der Waals surface area contributed by atoms with Gasteiger partial charge in [0, 0.05) is 49.5 Å². The highest BCUT2D eigenvalue weighted by Crippen LogP contribution is 2.28. The molecule has 2 heterocycles. The predicted molar refractivity (Wildman–Crippen MR) is 149 cm³/mol. The number of benzene rings is 1. The molecular formula is C26H40N8O2S. The zero-order valence-electron chi connectivity index (χ0n) is 22.5. The zero-order chi connectivity index (χ0) is 26.7. The third-order valence-electron chi connectivity index (χ3n) is 6.94. The molecule has 1 aromatic carbocycles. The van der Waals surface area contributed by atoms with Crippen molar-refractivity contribution < 1.29 is 8.42 Å². The number of sulfonamides is 1. The molecule has 0 radical (unpaired) electrons. The summed E-state index contributed by atoms with van der Waals surface area (Å²) in [5.74, 6) is 1.82. The predicted octanol–water partition coefficient (Wildman–Crippen LogP) is 3.46. The van der Waals surface area contributed by atoms with Crippen LogP contribution in [0.5, 0.6) is 0 Å². The quantitative estimate of drug-likeness (QED) is 0.366. The summed E-state index contributed by atoms with van der Waals surface area (Å²) in [5, 5.41) is 11.6. The summed E-state index contributed by atoms with van der Waals surface area (Å²) >= 11 is 0. The molecule has 3 aromatic rings. The Morgan fingerprint density at radius 2 is 1.76 bits per heavy atom. The minimum Gasteiger partial charge on any atom is -0.367 e. The van der Waals surface area contributed by atoms with Crippen LogP contribution in [-0.4, -0.2) is 78.5 Å². The molecule has 0 saturated heterocycles. The van der Waals surface area contributed by atoms with E-state index in [1.807, 2.05) is 31.3 Å². The van der Waals surface area contributed by atoms with Crippen molar-refractivity contribution in [1.82, 2.24) is 23.8 Å². The van der Waals surface area contributed by atoms with Crippen LogP contribution in [0, 0.1) is 0 Å². The van der Waals surface area contributed by atoms with Gasteiger partial charge < -0.3 is 21.3 Å². The smallest absolute Gasteiger partial charge is 0.242 e. The Hall–Kier alpha value is -2.73. The molecule has 1 saturated carbocycles. The minimum absolute atomic E-state index is 0.262. The van der Waals surface area contributed by atoms with Crippen molar-refractivity contribution in [2.45, 2.75) is 62.4 Å². The second kappa shape index (κ2) is 11.3. The van der Waals surface area contributed by atoms with Crippen LogP contribution in [0.3, 0.4) is 0 Å². The van der Waals surface area contributed by atoms with Crippen molar-refractivity contribution in [3.8, 4) is 0 Å². The summed E-state index contributed by atoms with van der Waals surface area (Å²) in [6, 6.07) is 9.40. The number of likely N-dealkylation sites (N-methyl/N-ethyl adjacent to an activating group) is 2. The van der Waals surface area contributed by atoms with Gasteiger partial charge in [-0.3, -0.25) is 0 Å². The highest BCUT2D eigenvalue weighted by Gasteiger charge is 2.22. The average Bonchev–Trinajstić information content (AvgIpc) is 3.29. The molecule has 0 unspecified atom stereocenters. The number of nitrogens with one attached hydrogen (secondary N) is 2. The molecule has 0 amide bonds. The maximum Gasteiger partial charge on any atom is 0.242 e. The molecular weight excluding hydrogens is 488 g/mol. The SMILES string of the molecule is CC(C)c1cnn2c(Nc3ccc(S(=O)(=O)N(C)CCN(C)C)cc3)cc(NC3CCC(N)CC3)nc12. The van der Waals surface area contributed by atoms with Gasteiger partial charge in [0.1, 0.15) is 11.6 Å². The van der Waals surface area contributed by atoms with Crippen LogP contribution in [-0.2, 0) is 10.0 Å². The summed E-state index contributed by atoms with van der Waals surface area (Å²) in [7, 11) is 1.89.